The van der Waals surface area contributed by atoms with Crippen molar-refractivity contribution in [3.63, 3.8) is 0 Å². The largest absolute Gasteiger partial charge is 0.387 e. The fourth-order valence-corrected chi connectivity index (χ4v) is 3.45. The molecule has 1 rings (SSSR count). The SMILES string of the molecule is CCNC(=NCC1(O)CCSC1)N(C)CC(=O)NC(C)(C)C.I. The van der Waals surface area contributed by atoms with Gasteiger partial charge in [0, 0.05) is 24.9 Å². The van der Waals surface area contributed by atoms with Crippen LogP contribution in [0.25, 0.3) is 0 Å². The van der Waals surface area contributed by atoms with Crippen LogP contribution in [0.1, 0.15) is 34.1 Å². The summed E-state index contributed by atoms with van der Waals surface area (Å²) in [5, 5.41) is 16.5. The Morgan fingerprint density at radius 1 is 1.43 bits per heavy atom. The molecule has 1 heterocycles. The van der Waals surface area contributed by atoms with Crippen LogP contribution < -0.4 is 10.6 Å². The second-order valence-corrected chi connectivity index (χ2v) is 7.96. The highest BCUT2D eigenvalue weighted by Crippen LogP contribution is 2.27. The van der Waals surface area contributed by atoms with Crippen molar-refractivity contribution >= 4 is 47.6 Å². The highest BCUT2D eigenvalue weighted by molar-refractivity contribution is 14.0. The van der Waals surface area contributed by atoms with Crippen molar-refractivity contribution in [2.24, 2.45) is 4.99 Å². The third kappa shape index (κ3) is 8.99. The van der Waals surface area contributed by atoms with Crippen molar-refractivity contribution in [1.82, 2.24) is 15.5 Å². The van der Waals surface area contributed by atoms with Crippen LogP contribution in [0.3, 0.4) is 0 Å². The number of hydrogen-bond acceptors (Lipinski definition) is 4. The van der Waals surface area contributed by atoms with E-state index in [-0.39, 0.29) is 42.0 Å². The molecule has 0 aromatic rings. The number of rotatable bonds is 5. The lowest BCUT2D eigenvalue weighted by molar-refractivity contribution is -0.122. The highest BCUT2D eigenvalue weighted by atomic mass is 127. The van der Waals surface area contributed by atoms with Gasteiger partial charge < -0.3 is 20.6 Å². The van der Waals surface area contributed by atoms with Crippen LogP contribution >= 0.6 is 35.7 Å². The normalized spacial score (nSPS) is 21.6. The number of halogens is 1. The maximum Gasteiger partial charge on any atom is 0.240 e. The van der Waals surface area contributed by atoms with Crippen molar-refractivity contribution in [2.45, 2.75) is 45.3 Å². The van der Waals surface area contributed by atoms with E-state index in [1.807, 2.05) is 34.7 Å². The lowest BCUT2D eigenvalue weighted by Crippen LogP contribution is -2.49. The Bertz CT molecular complexity index is 407. The minimum Gasteiger partial charge on any atom is -0.387 e. The molecule has 1 aliphatic rings. The second-order valence-electron chi connectivity index (χ2n) is 6.85. The average Bonchev–Trinajstić information content (AvgIpc) is 2.79. The summed E-state index contributed by atoms with van der Waals surface area (Å²) in [5.74, 6) is 2.31. The number of nitrogens with one attached hydrogen (secondary N) is 2. The van der Waals surface area contributed by atoms with Gasteiger partial charge in [-0.1, -0.05) is 0 Å². The molecule has 1 aliphatic heterocycles. The number of nitrogens with zero attached hydrogens (tertiary/aromatic N) is 2. The molecular formula is C15H31IN4O2S. The number of aliphatic imine (C=N–C) groups is 1. The molecule has 1 fully saturated rings. The molecule has 0 aliphatic carbocycles. The zero-order valence-corrected chi connectivity index (χ0v) is 18.0. The summed E-state index contributed by atoms with van der Waals surface area (Å²) in [4.78, 5) is 18.3. The number of carbonyl (C=O) groups is 1. The van der Waals surface area contributed by atoms with Gasteiger partial charge in [0.1, 0.15) is 0 Å². The third-order valence-corrected chi connectivity index (χ3v) is 4.43. The minimum absolute atomic E-state index is 0. The van der Waals surface area contributed by atoms with Gasteiger partial charge in [0.05, 0.1) is 18.7 Å². The molecule has 6 nitrogen and oxygen atoms in total. The monoisotopic (exact) mass is 458 g/mol. The van der Waals surface area contributed by atoms with E-state index in [1.54, 1.807) is 16.7 Å². The van der Waals surface area contributed by atoms with Crippen molar-refractivity contribution in [3.05, 3.63) is 0 Å². The van der Waals surface area contributed by atoms with Crippen LogP contribution in [0.2, 0.25) is 0 Å². The van der Waals surface area contributed by atoms with E-state index in [9.17, 15) is 9.90 Å². The number of hydrogen-bond donors (Lipinski definition) is 3. The molecule has 1 amide bonds. The Balaban J connectivity index is 0.00000484. The lowest BCUT2D eigenvalue weighted by atomic mass is 10.1. The quantitative estimate of drug-likeness (QED) is 0.329. The van der Waals surface area contributed by atoms with Crippen molar-refractivity contribution < 1.29 is 9.90 Å². The van der Waals surface area contributed by atoms with Gasteiger partial charge in [-0.25, -0.2) is 0 Å². The van der Waals surface area contributed by atoms with Crippen molar-refractivity contribution in [2.75, 3.05) is 38.2 Å². The molecule has 0 spiro atoms. The van der Waals surface area contributed by atoms with E-state index in [0.29, 0.717) is 12.5 Å². The minimum atomic E-state index is -0.708. The molecule has 0 radical (unpaired) electrons. The number of amides is 1. The zero-order chi connectivity index (χ0) is 16.8. The van der Waals surface area contributed by atoms with E-state index in [2.05, 4.69) is 15.6 Å². The molecule has 1 unspecified atom stereocenters. The van der Waals surface area contributed by atoms with Gasteiger partial charge in [-0.2, -0.15) is 11.8 Å². The summed E-state index contributed by atoms with van der Waals surface area (Å²) < 4.78 is 0. The number of likely N-dealkylation sites (N-methyl/N-ethyl adjacent to an activating group) is 1. The number of thioether (sulfide) groups is 1. The predicted molar refractivity (Wildman–Crippen MR) is 109 cm³/mol. The molecule has 0 saturated carbocycles. The molecule has 0 aromatic heterocycles. The summed E-state index contributed by atoms with van der Waals surface area (Å²) in [6, 6.07) is 0. The van der Waals surface area contributed by atoms with E-state index < -0.39 is 5.60 Å². The van der Waals surface area contributed by atoms with Crippen molar-refractivity contribution in [3.8, 4) is 0 Å². The summed E-state index contributed by atoms with van der Waals surface area (Å²) in [6.45, 7) is 9.17. The average molecular weight is 458 g/mol. The lowest BCUT2D eigenvalue weighted by Gasteiger charge is -2.26. The first-order chi connectivity index (χ1) is 10.2. The summed E-state index contributed by atoms with van der Waals surface area (Å²) in [5.41, 5.74) is -0.955. The molecule has 23 heavy (non-hydrogen) atoms. The van der Waals surface area contributed by atoms with Crippen LogP contribution in [0.15, 0.2) is 4.99 Å². The smallest absolute Gasteiger partial charge is 0.240 e. The molecule has 1 atom stereocenters. The Hall–Kier alpha value is -0.220. The standard InChI is InChI=1S/C15H30N4O2S.HI/c1-6-16-13(17-10-15(21)7-8-22-11-15)19(5)9-12(20)18-14(2,3)4;/h21H,6-11H2,1-5H3,(H,16,17)(H,18,20);1H. The molecular weight excluding hydrogens is 427 g/mol. The fraction of sp³-hybridized carbons (Fsp3) is 0.867. The van der Waals surface area contributed by atoms with Gasteiger partial charge in [-0.05, 0) is 39.9 Å². The Labute approximate surface area is 161 Å². The summed E-state index contributed by atoms with van der Waals surface area (Å²) >= 11 is 1.75. The Kier molecular flexibility index (Phi) is 9.83. The van der Waals surface area contributed by atoms with Gasteiger partial charge >= 0.3 is 0 Å². The molecule has 3 N–H and O–H groups in total. The van der Waals surface area contributed by atoms with Gasteiger partial charge in [-0.3, -0.25) is 9.79 Å². The Morgan fingerprint density at radius 3 is 2.57 bits per heavy atom. The molecule has 0 aromatic carbocycles. The molecule has 136 valence electrons. The third-order valence-electron chi connectivity index (χ3n) is 3.20. The predicted octanol–water partition coefficient (Wildman–Crippen LogP) is 1.28. The van der Waals surface area contributed by atoms with Crippen LogP contribution in [0.4, 0.5) is 0 Å². The number of guanidine groups is 1. The maximum atomic E-state index is 12.0. The van der Waals surface area contributed by atoms with Gasteiger partial charge in [0.15, 0.2) is 5.96 Å². The molecule has 8 heteroatoms. The molecule has 0 bridgehead atoms. The van der Waals surface area contributed by atoms with E-state index in [0.717, 1.165) is 24.5 Å². The van der Waals surface area contributed by atoms with E-state index >= 15 is 0 Å². The van der Waals surface area contributed by atoms with Gasteiger partial charge in [0.2, 0.25) is 5.91 Å². The zero-order valence-electron chi connectivity index (χ0n) is 14.8. The van der Waals surface area contributed by atoms with Crippen LogP contribution in [0.5, 0.6) is 0 Å². The van der Waals surface area contributed by atoms with Crippen LogP contribution in [-0.2, 0) is 4.79 Å². The van der Waals surface area contributed by atoms with Crippen molar-refractivity contribution in [1.29, 1.82) is 0 Å². The maximum absolute atomic E-state index is 12.0. The van der Waals surface area contributed by atoms with Gasteiger partial charge in [-0.15, -0.1) is 24.0 Å². The van der Waals surface area contributed by atoms with E-state index in [1.165, 1.54) is 0 Å². The second kappa shape index (κ2) is 9.93. The Morgan fingerprint density at radius 2 is 2.09 bits per heavy atom. The van der Waals surface area contributed by atoms with E-state index in [4.69, 9.17) is 0 Å². The highest BCUT2D eigenvalue weighted by Gasteiger charge is 2.31. The topological polar surface area (TPSA) is 77.0 Å². The van der Waals surface area contributed by atoms with Crippen LogP contribution in [-0.4, -0.2) is 71.2 Å². The summed E-state index contributed by atoms with van der Waals surface area (Å²) in [6.07, 6.45) is 0.773. The summed E-state index contributed by atoms with van der Waals surface area (Å²) in [7, 11) is 1.83. The fourth-order valence-electron chi connectivity index (χ4n) is 2.16. The first kappa shape index (κ1) is 22.8. The first-order valence-electron chi connectivity index (χ1n) is 7.76. The molecule has 1 saturated heterocycles. The van der Waals surface area contributed by atoms with Crippen LogP contribution in [0, 0.1) is 0 Å². The number of carbonyl (C=O) groups excluding carboxylic acids is 1. The van der Waals surface area contributed by atoms with Gasteiger partial charge in [0.25, 0.3) is 0 Å². The first-order valence-corrected chi connectivity index (χ1v) is 8.91. The number of aliphatic hydroxyl groups is 1.